The fourth-order valence-corrected chi connectivity index (χ4v) is 2.83. The summed E-state index contributed by atoms with van der Waals surface area (Å²) in [4.78, 5) is 14.6. The van der Waals surface area contributed by atoms with Crippen LogP contribution < -0.4 is 10.1 Å². The number of hydrogen-bond donors (Lipinski definition) is 1. The SMILES string of the molecule is COc1ccc(-n2ccc(C(=O)NCCN(C(C)C)C(C)C)n2)cc1. The highest BCUT2D eigenvalue weighted by Gasteiger charge is 2.14. The van der Waals surface area contributed by atoms with Crippen molar-refractivity contribution < 1.29 is 9.53 Å². The minimum absolute atomic E-state index is 0.153. The van der Waals surface area contributed by atoms with Gasteiger partial charge in [-0.1, -0.05) is 0 Å². The van der Waals surface area contributed by atoms with Crippen LogP contribution in [-0.4, -0.2) is 52.9 Å². The summed E-state index contributed by atoms with van der Waals surface area (Å²) in [7, 11) is 1.63. The zero-order valence-electron chi connectivity index (χ0n) is 15.7. The first kappa shape index (κ1) is 19.0. The first-order valence-corrected chi connectivity index (χ1v) is 8.66. The number of amides is 1. The zero-order valence-corrected chi connectivity index (χ0v) is 15.7. The molecule has 1 aromatic heterocycles. The lowest BCUT2D eigenvalue weighted by molar-refractivity contribution is 0.0934. The van der Waals surface area contributed by atoms with E-state index >= 15 is 0 Å². The lowest BCUT2D eigenvalue weighted by atomic mass is 10.2. The van der Waals surface area contributed by atoms with Crippen molar-refractivity contribution in [1.82, 2.24) is 20.0 Å². The van der Waals surface area contributed by atoms with Gasteiger partial charge in [-0.3, -0.25) is 9.69 Å². The van der Waals surface area contributed by atoms with Gasteiger partial charge in [0.1, 0.15) is 5.75 Å². The molecule has 0 fully saturated rings. The summed E-state index contributed by atoms with van der Waals surface area (Å²) >= 11 is 0. The van der Waals surface area contributed by atoms with Crippen LogP contribution in [0.1, 0.15) is 38.2 Å². The normalized spacial score (nSPS) is 11.4. The number of nitrogens with one attached hydrogen (secondary N) is 1. The van der Waals surface area contributed by atoms with Crippen LogP contribution in [0, 0.1) is 0 Å². The van der Waals surface area contributed by atoms with Gasteiger partial charge in [-0.05, 0) is 58.0 Å². The average Bonchev–Trinajstić information content (AvgIpc) is 3.08. The van der Waals surface area contributed by atoms with Crippen molar-refractivity contribution in [1.29, 1.82) is 0 Å². The van der Waals surface area contributed by atoms with E-state index in [2.05, 4.69) is 43.0 Å². The van der Waals surface area contributed by atoms with E-state index in [1.807, 2.05) is 24.3 Å². The summed E-state index contributed by atoms with van der Waals surface area (Å²) in [5, 5.41) is 7.30. The topological polar surface area (TPSA) is 59.4 Å². The van der Waals surface area contributed by atoms with Crippen LogP contribution >= 0.6 is 0 Å². The Bertz CT molecular complexity index is 669. The maximum Gasteiger partial charge on any atom is 0.271 e. The Hall–Kier alpha value is -2.34. The zero-order chi connectivity index (χ0) is 18.4. The summed E-state index contributed by atoms with van der Waals surface area (Å²) in [5.41, 5.74) is 1.29. The molecule has 0 atom stereocenters. The van der Waals surface area contributed by atoms with Crippen LogP contribution in [0.2, 0.25) is 0 Å². The molecule has 0 saturated carbocycles. The third kappa shape index (κ3) is 5.06. The van der Waals surface area contributed by atoms with Crippen molar-refractivity contribution in [2.75, 3.05) is 20.2 Å². The predicted octanol–water partition coefficient (Wildman–Crippen LogP) is 2.73. The Morgan fingerprint density at radius 2 is 1.80 bits per heavy atom. The molecule has 0 aliphatic heterocycles. The van der Waals surface area contributed by atoms with Gasteiger partial charge in [0.05, 0.1) is 12.8 Å². The standard InChI is InChI=1S/C19H28N4O2/c1-14(2)22(15(3)4)13-11-20-19(24)18-10-12-23(21-18)16-6-8-17(25-5)9-7-16/h6-10,12,14-15H,11,13H2,1-5H3,(H,20,24). The number of carbonyl (C=O) groups is 1. The van der Waals surface area contributed by atoms with E-state index in [-0.39, 0.29) is 5.91 Å². The molecule has 25 heavy (non-hydrogen) atoms. The Morgan fingerprint density at radius 1 is 1.16 bits per heavy atom. The van der Waals surface area contributed by atoms with Crippen LogP contribution in [0.5, 0.6) is 5.75 Å². The number of aromatic nitrogens is 2. The molecule has 0 spiro atoms. The number of methoxy groups -OCH3 is 1. The second-order valence-electron chi connectivity index (χ2n) is 6.52. The molecule has 0 unspecified atom stereocenters. The minimum atomic E-state index is -0.153. The molecule has 1 aromatic carbocycles. The molecular weight excluding hydrogens is 316 g/mol. The van der Waals surface area contributed by atoms with Gasteiger partial charge in [-0.15, -0.1) is 0 Å². The lowest BCUT2D eigenvalue weighted by Gasteiger charge is -2.30. The van der Waals surface area contributed by atoms with E-state index in [0.29, 0.717) is 24.3 Å². The molecule has 136 valence electrons. The number of carbonyl (C=O) groups excluding carboxylic acids is 1. The molecule has 2 rings (SSSR count). The van der Waals surface area contributed by atoms with Crippen molar-refractivity contribution in [3.05, 3.63) is 42.2 Å². The smallest absolute Gasteiger partial charge is 0.271 e. The van der Waals surface area contributed by atoms with Crippen LogP contribution in [0.15, 0.2) is 36.5 Å². The summed E-state index contributed by atoms with van der Waals surface area (Å²) < 4.78 is 6.83. The predicted molar refractivity (Wildman–Crippen MR) is 99.4 cm³/mol. The largest absolute Gasteiger partial charge is 0.497 e. The molecule has 0 aliphatic rings. The first-order chi connectivity index (χ1) is 11.9. The highest BCUT2D eigenvalue weighted by atomic mass is 16.5. The third-order valence-electron chi connectivity index (χ3n) is 4.14. The summed E-state index contributed by atoms with van der Waals surface area (Å²) in [5.74, 6) is 0.633. The molecule has 0 aliphatic carbocycles. The Labute approximate surface area is 149 Å². The third-order valence-corrected chi connectivity index (χ3v) is 4.14. The highest BCUT2D eigenvalue weighted by molar-refractivity contribution is 5.92. The van der Waals surface area contributed by atoms with Gasteiger partial charge in [0.25, 0.3) is 5.91 Å². The van der Waals surface area contributed by atoms with E-state index in [1.54, 1.807) is 24.1 Å². The van der Waals surface area contributed by atoms with Crippen molar-refractivity contribution in [2.45, 2.75) is 39.8 Å². The van der Waals surface area contributed by atoms with E-state index in [9.17, 15) is 4.79 Å². The second kappa shape index (κ2) is 8.67. The van der Waals surface area contributed by atoms with E-state index in [1.165, 1.54) is 0 Å². The van der Waals surface area contributed by atoms with Crippen LogP contribution in [-0.2, 0) is 0 Å². The molecule has 1 heterocycles. The van der Waals surface area contributed by atoms with Gasteiger partial charge in [-0.2, -0.15) is 5.10 Å². The molecule has 6 nitrogen and oxygen atoms in total. The van der Waals surface area contributed by atoms with Gasteiger partial charge in [-0.25, -0.2) is 4.68 Å². The Balaban J connectivity index is 1.93. The number of nitrogens with zero attached hydrogens (tertiary/aromatic N) is 3. The minimum Gasteiger partial charge on any atom is -0.497 e. The van der Waals surface area contributed by atoms with Gasteiger partial charge >= 0.3 is 0 Å². The van der Waals surface area contributed by atoms with Crippen molar-refractivity contribution >= 4 is 5.91 Å². The maximum atomic E-state index is 12.3. The van der Waals surface area contributed by atoms with E-state index in [4.69, 9.17) is 4.74 Å². The number of rotatable bonds is 8. The molecule has 0 radical (unpaired) electrons. The molecule has 2 aromatic rings. The van der Waals surface area contributed by atoms with Crippen LogP contribution in [0.3, 0.4) is 0 Å². The fraction of sp³-hybridized carbons (Fsp3) is 0.474. The number of hydrogen-bond acceptors (Lipinski definition) is 4. The summed E-state index contributed by atoms with van der Waals surface area (Å²) in [6, 6.07) is 10.2. The van der Waals surface area contributed by atoms with Crippen molar-refractivity contribution in [3.63, 3.8) is 0 Å². The summed E-state index contributed by atoms with van der Waals surface area (Å²) in [6.45, 7) is 10.1. The second-order valence-corrected chi connectivity index (χ2v) is 6.52. The molecule has 0 saturated heterocycles. The quantitative estimate of drug-likeness (QED) is 0.800. The van der Waals surface area contributed by atoms with Gasteiger partial charge < -0.3 is 10.1 Å². The maximum absolute atomic E-state index is 12.3. The molecule has 0 bridgehead atoms. The molecule has 1 N–H and O–H groups in total. The number of benzene rings is 1. The van der Waals surface area contributed by atoms with E-state index in [0.717, 1.165) is 18.0 Å². The molecule has 1 amide bonds. The van der Waals surface area contributed by atoms with Crippen LogP contribution in [0.4, 0.5) is 0 Å². The van der Waals surface area contributed by atoms with Gasteiger partial charge in [0.15, 0.2) is 5.69 Å². The Morgan fingerprint density at radius 3 is 2.36 bits per heavy atom. The summed E-state index contributed by atoms with van der Waals surface area (Å²) in [6.07, 6.45) is 1.78. The molecular formula is C19H28N4O2. The fourth-order valence-electron chi connectivity index (χ4n) is 2.83. The van der Waals surface area contributed by atoms with Gasteiger partial charge in [0.2, 0.25) is 0 Å². The van der Waals surface area contributed by atoms with E-state index < -0.39 is 0 Å². The van der Waals surface area contributed by atoms with Crippen molar-refractivity contribution in [3.8, 4) is 11.4 Å². The highest BCUT2D eigenvalue weighted by Crippen LogP contribution is 2.14. The Kier molecular flexibility index (Phi) is 6.58. The van der Waals surface area contributed by atoms with Crippen LogP contribution in [0.25, 0.3) is 5.69 Å². The molecule has 6 heteroatoms. The van der Waals surface area contributed by atoms with Crippen molar-refractivity contribution in [2.24, 2.45) is 0 Å². The number of ether oxygens (including phenoxy) is 1. The lowest BCUT2D eigenvalue weighted by Crippen LogP contribution is -2.42. The monoisotopic (exact) mass is 344 g/mol. The average molecular weight is 344 g/mol. The van der Waals surface area contributed by atoms with Gasteiger partial charge in [0, 0.05) is 31.4 Å². The first-order valence-electron chi connectivity index (χ1n) is 8.66.